The summed E-state index contributed by atoms with van der Waals surface area (Å²) in [6.45, 7) is 3.81. The van der Waals surface area contributed by atoms with E-state index in [-0.39, 0.29) is 17.6 Å². The molecule has 1 fully saturated rings. The van der Waals surface area contributed by atoms with Gasteiger partial charge in [-0.3, -0.25) is 14.9 Å². The number of nitro groups is 1. The number of nitrogens with one attached hydrogen (secondary N) is 2. The van der Waals surface area contributed by atoms with Crippen molar-refractivity contribution in [1.82, 2.24) is 10.6 Å². The third-order valence-electron chi connectivity index (χ3n) is 3.51. The average molecular weight is 278 g/mol. The number of piperazine rings is 1. The van der Waals surface area contributed by atoms with Gasteiger partial charge in [0.2, 0.25) is 5.91 Å². The molecule has 1 saturated heterocycles. The molecule has 1 aliphatic rings. The number of benzene rings is 1. The molecule has 0 spiro atoms. The van der Waals surface area contributed by atoms with Gasteiger partial charge in [0, 0.05) is 44.5 Å². The van der Waals surface area contributed by atoms with E-state index in [1.54, 1.807) is 13.1 Å². The molecule has 0 saturated carbocycles. The van der Waals surface area contributed by atoms with Crippen molar-refractivity contribution >= 4 is 17.3 Å². The number of likely N-dealkylation sites (N-methyl/N-ethyl adjacent to an activating group) is 1. The van der Waals surface area contributed by atoms with Crippen LogP contribution in [0.25, 0.3) is 0 Å². The van der Waals surface area contributed by atoms with Crippen LogP contribution in [0.15, 0.2) is 18.2 Å². The highest BCUT2D eigenvalue weighted by Gasteiger charge is 2.29. The Morgan fingerprint density at radius 3 is 2.95 bits per heavy atom. The predicted molar refractivity (Wildman–Crippen MR) is 75.9 cm³/mol. The molecule has 2 rings (SSSR count). The van der Waals surface area contributed by atoms with Crippen molar-refractivity contribution in [2.75, 3.05) is 31.6 Å². The largest absolute Gasteiger partial charge is 0.357 e. The zero-order valence-corrected chi connectivity index (χ0v) is 11.5. The van der Waals surface area contributed by atoms with Crippen LogP contribution in [-0.2, 0) is 4.79 Å². The lowest BCUT2D eigenvalue weighted by Crippen LogP contribution is -2.57. The monoisotopic (exact) mass is 278 g/mol. The summed E-state index contributed by atoms with van der Waals surface area (Å²) < 4.78 is 0. The van der Waals surface area contributed by atoms with E-state index in [1.807, 2.05) is 11.8 Å². The molecule has 20 heavy (non-hydrogen) atoms. The van der Waals surface area contributed by atoms with Crippen LogP contribution in [-0.4, -0.2) is 43.6 Å². The van der Waals surface area contributed by atoms with Crippen LogP contribution in [0.3, 0.4) is 0 Å². The van der Waals surface area contributed by atoms with Crippen molar-refractivity contribution in [3.05, 3.63) is 33.9 Å². The Bertz CT molecular complexity index is 532. The number of carbonyl (C=O) groups excluding carboxylic acids is 1. The summed E-state index contributed by atoms with van der Waals surface area (Å²) in [5, 5.41) is 16.7. The summed E-state index contributed by atoms with van der Waals surface area (Å²) in [5.74, 6) is -0.0943. The molecule has 1 aromatic rings. The summed E-state index contributed by atoms with van der Waals surface area (Å²) in [6.07, 6.45) is 0. The number of nitrogens with zero attached hydrogens (tertiary/aromatic N) is 2. The van der Waals surface area contributed by atoms with Gasteiger partial charge in [-0.15, -0.1) is 0 Å². The first-order valence-electron chi connectivity index (χ1n) is 6.48. The Balaban J connectivity index is 2.39. The van der Waals surface area contributed by atoms with Crippen molar-refractivity contribution in [1.29, 1.82) is 0 Å². The first-order valence-corrected chi connectivity index (χ1v) is 6.48. The molecule has 7 nitrogen and oxygen atoms in total. The van der Waals surface area contributed by atoms with Gasteiger partial charge in [-0.25, -0.2) is 0 Å². The normalized spacial score (nSPS) is 18.7. The van der Waals surface area contributed by atoms with Gasteiger partial charge in [-0.1, -0.05) is 6.07 Å². The molecule has 1 heterocycles. The molecule has 0 aliphatic carbocycles. The van der Waals surface area contributed by atoms with Crippen molar-refractivity contribution in [2.45, 2.75) is 13.0 Å². The smallest absolute Gasteiger partial charge is 0.271 e. The Morgan fingerprint density at radius 2 is 2.30 bits per heavy atom. The lowest BCUT2D eigenvalue weighted by atomic mass is 10.1. The SMILES string of the molecule is CNC(=O)C1CNCCN1c1cc([N+](=O)[O-])ccc1C. The van der Waals surface area contributed by atoms with E-state index in [1.165, 1.54) is 12.1 Å². The Morgan fingerprint density at radius 1 is 1.55 bits per heavy atom. The Hall–Kier alpha value is -2.15. The molecule has 0 radical (unpaired) electrons. The second-order valence-electron chi connectivity index (χ2n) is 4.76. The zero-order chi connectivity index (χ0) is 14.7. The second kappa shape index (κ2) is 5.87. The van der Waals surface area contributed by atoms with Crippen molar-refractivity contribution in [3.63, 3.8) is 0 Å². The number of hydrogen-bond acceptors (Lipinski definition) is 5. The number of nitro benzene ring substituents is 1. The van der Waals surface area contributed by atoms with Crippen molar-refractivity contribution in [2.24, 2.45) is 0 Å². The van der Waals surface area contributed by atoms with E-state index in [9.17, 15) is 14.9 Å². The number of carbonyl (C=O) groups is 1. The summed E-state index contributed by atoms with van der Waals surface area (Å²) in [6, 6.07) is 4.39. The van der Waals surface area contributed by atoms with E-state index in [0.717, 1.165) is 17.8 Å². The minimum Gasteiger partial charge on any atom is -0.357 e. The number of hydrogen-bond donors (Lipinski definition) is 2. The molecule has 1 unspecified atom stereocenters. The highest BCUT2D eigenvalue weighted by molar-refractivity contribution is 5.86. The van der Waals surface area contributed by atoms with Crippen LogP contribution in [0.5, 0.6) is 0 Å². The Labute approximate surface area is 117 Å². The third kappa shape index (κ3) is 2.72. The molecule has 1 amide bonds. The van der Waals surface area contributed by atoms with E-state index in [0.29, 0.717) is 13.1 Å². The van der Waals surface area contributed by atoms with Crippen LogP contribution in [0, 0.1) is 17.0 Å². The maximum atomic E-state index is 12.0. The zero-order valence-electron chi connectivity index (χ0n) is 11.5. The van der Waals surface area contributed by atoms with Crippen LogP contribution < -0.4 is 15.5 Å². The first-order chi connectivity index (χ1) is 9.54. The van der Waals surface area contributed by atoms with Gasteiger partial charge >= 0.3 is 0 Å². The van der Waals surface area contributed by atoms with Crippen LogP contribution in [0.2, 0.25) is 0 Å². The molecule has 0 bridgehead atoms. The van der Waals surface area contributed by atoms with Gasteiger partial charge in [0.1, 0.15) is 6.04 Å². The summed E-state index contributed by atoms with van der Waals surface area (Å²) in [7, 11) is 1.59. The highest BCUT2D eigenvalue weighted by Crippen LogP contribution is 2.27. The fourth-order valence-corrected chi connectivity index (χ4v) is 2.41. The second-order valence-corrected chi connectivity index (χ2v) is 4.76. The molecule has 7 heteroatoms. The molecule has 2 N–H and O–H groups in total. The topological polar surface area (TPSA) is 87.5 Å². The van der Waals surface area contributed by atoms with Crippen LogP contribution in [0.4, 0.5) is 11.4 Å². The van der Waals surface area contributed by atoms with Crippen molar-refractivity contribution < 1.29 is 9.72 Å². The molecular formula is C13H18N4O3. The summed E-state index contributed by atoms with van der Waals surface area (Å²) in [5.41, 5.74) is 1.71. The molecule has 0 aromatic heterocycles. The number of anilines is 1. The molecule has 108 valence electrons. The third-order valence-corrected chi connectivity index (χ3v) is 3.51. The number of non-ortho nitro benzene ring substituents is 1. The average Bonchev–Trinajstić information content (AvgIpc) is 2.46. The van der Waals surface area contributed by atoms with Gasteiger partial charge in [-0.2, -0.15) is 0 Å². The Kier molecular flexibility index (Phi) is 4.19. The minimum absolute atomic E-state index is 0.0415. The summed E-state index contributed by atoms with van der Waals surface area (Å²) in [4.78, 5) is 24.4. The highest BCUT2D eigenvalue weighted by atomic mass is 16.6. The summed E-state index contributed by atoms with van der Waals surface area (Å²) >= 11 is 0. The van der Waals surface area contributed by atoms with Gasteiger partial charge in [-0.05, 0) is 12.5 Å². The number of rotatable bonds is 3. The molecule has 1 aromatic carbocycles. The number of aryl methyl sites for hydroxylation is 1. The van der Waals surface area contributed by atoms with Crippen LogP contribution in [0.1, 0.15) is 5.56 Å². The fraction of sp³-hybridized carbons (Fsp3) is 0.462. The van der Waals surface area contributed by atoms with Gasteiger partial charge in [0.25, 0.3) is 5.69 Å². The van der Waals surface area contributed by atoms with Crippen LogP contribution >= 0.6 is 0 Å². The van der Waals surface area contributed by atoms with E-state index >= 15 is 0 Å². The fourth-order valence-electron chi connectivity index (χ4n) is 2.41. The van der Waals surface area contributed by atoms with Gasteiger partial charge in [0.05, 0.1) is 4.92 Å². The maximum Gasteiger partial charge on any atom is 0.271 e. The lowest BCUT2D eigenvalue weighted by Gasteiger charge is -2.37. The first kappa shape index (κ1) is 14.3. The van der Waals surface area contributed by atoms with E-state index in [2.05, 4.69) is 10.6 Å². The minimum atomic E-state index is -0.417. The van der Waals surface area contributed by atoms with Gasteiger partial charge < -0.3 is 15.5 Å². The molecule has 1 atom stereocenters. The predicted octanol–water partition coefficient (Wildman–Crippen LogP) is 0.427. The molecular weight excluding hydrogens is 260 g/mol. The maximum absolute atomic E-state index is 12.0. The lowest BCUT2D eigenvalue weighted by molar-refractivity contribution is -0.384. The molecule has 1 aliphatic heterocycles. The van der Waals surface area contributed by atoms with Crippen molar-refractivity contribution in [3.8, 4) is 0 Å². The van der Waals surface area contributed by atoms with Gasteiger partial charge in [0.15, 0.2) is 0 Å². The standard InChI is InChI=1S/C13H18N4O3/c1-9-3-4-10(17(19)20)7-11(9)16-6-5-15-8-12(16)13(18)14-2/h3-4,7,12,15H,5-6,8H2,1-2H3,(H,14,18). The van der Waals surface area contributed by atoms with E-state index < -0.39 is 4.92 Å². The quantitative estimate of drug-likeness (QED) is 0.618. The number of amides is 1. The van der Waals surface area contributed by atoms with E-state index in [4.69, 9.17) is 0 Å².